The van der Waals surface area contributed by atoms with Crippen LogP contribution < -0.4 is 22.1 Å². The van der Waals surface area contributed by atoms with Crippen LogP contribution >= 0.6 is 0 Å². The first-order valence-electron chi connectivity index (χ1n) is 14.7. The standard InChI is InChI=1S/C30H40F6N6O5/c1-18(17-23(43)42(14-11-37)15-12-38)26(45)40-24(25(44)19-3-7-21(8-4-19)29(31,32)33)27(46)39-13-16-41(2)28(47)20-5-9-22(10-6-20)30(34,35)36/h3,5-7,9-10,18,24-25,44H,4,8,11-17,37-38H2,1-2H3,(H,39,46)(H,40,45). The zero-order valence-corrected chi connectivity index (χ0v) is 26.0. The fourth-order valence-electron chi connectivity index (χ4n) is 4.67. The van der Waals surface area contributed by atoms with E-state index < -0.39 is 71.6 Å². The number of aliphatic hydroxyl groups is 1. The van der Waals surface area contributed by atoms with E-state index in [1.165, 1.54) is 18.9 Å². The molecule has 2 rings (SSSR count). The van der Waals surface area contributed by atoms with Crippen LogP contribution in [0, 0.1) is 5.92 Å². The number of nitrogens with zero attached hydrogens (tertiary/aromatic N) is 2. The Morgan fingerprint density at radius 3 is 1.98 bits per heavy atom. The Labute approximate surface area is 268 Å². The minimum absolute atomic E-state index is 0.0390. The molecular weight excluding hydrogens is 638 g/mol. The first kappa shape index (κ1) is 39.2. The molecule has 0 spiro atoms. The monoisotopic (exact) mass is 678 g/mol. The van der Waals surface area contributed by atoms with Gasteiger partial charge >= 0.3 is 12.4 Å². The lowest BCUT2D eigenvalue weighted by Crippen LogP contribution is -2.56. The highest BCUT2D eigenvalue weighted by atomic mass is 19.4. The predicted molar refractivity (Wildman–Crippen MR) is 159 cm³/mol. The summed E-state index contributed by atoms with van der Waals surface area (Å²) in [5.74, 6) is -3.79. The second-order valence-electron chi connectivity index (χ2n) is 11.0. The summed E-state index contributed by atoms with van der Waals surface area (Å²) >= 11 is 0. The first-order chi connectivity index (χ1) is 21.9. The summed E-state index contributed by atoms with van der Waals surface area (Å²) in [4.78, 5) is 54.2. The van der Waals surface area contributed by atoms with Gasteiger partial charge in [-0.2, -0.15) is 26.3 Å². The second-order valence-corrected chi connectivity index (χ2v) is 11.0. The van der Waals surface area contributed by atoms with Gasteiger partial charge in [0.15, 0.2) is 0 Å². The Kier molecular flexibility index (Phi) is 14.4. The molecule has 0 radical (unpaired) electrons. The van der Waals surface area contributed by atoms with E-state index >= 15 is 0 Å². The summed E-state index contributed by atoms with van der Waals surface area (Å²) < 4.78 is 77.8. The maximum absolute atomic E-state index is 13.2. The molecule has 3 unspecified atom stereocenters. The number of hydrogen-bond donors (Lipinski definition) is 5. The van der Waals surface area contributed by atoms with Gasteiger partial charge in [0.1, 0.15) is 12.1 Å². The SMILES string of the molecule is CC(CC(=O)N(CCN)CCN)C(=O)NC(C(=O)NCCN(C)C(=O)c1ccc(C(F)(F)F)cc1)C(O)C1=CC=C(C(F)(F)F)CC1. The van der Waals surface area contributed by atoms with Gasteiger partial charge in [0, 0.05) is 69.8 Å². The summed E-state index contributed by atoms with van der Waals surface area (Å²) in [6.07, 6.45) is -10.1. The van der Waals surface area contributed by atoms with Crippen molar-refractivity contribution in [2.24, 2.45) is 17.4 Å². The Morgan fingerprint density at radius 1 is 0.894 bits per heavy atom. The van der Waals surface area contributed by atoms with Crippen molar-refractivity contribution in [2.75, 3.05) is 46.3 Å². The highest BCUT2D eigenvalue weighted by molar-refractivity contribution is 5.94. The molecule has 0 saturated heterocycles. The van der Waals surface area contributed by atoms with E-state index in [4.69, 9.17) is 11.5 Å². The van der Waals surface area contributed by atoms with Crippen molar-refractivity contribution in [1.82, 2.24) is 20.4 Å². The summed E-state index contributed by atoms with van der Waals surface area (Å²) in [6, 6.07) is 1.85. The Bertz CT molecular complexity index is 1310. The van der Waals surface area contributed by atoms with E-state index in [0.29, 0.717) is 0 Å². The molecule has 3 atom stereocenters. The van der Waals surface area contributed by atoms with Crippen LogP contribution in [0.15, 0.2) is 47.6 Å². The minimum atomic E-state index is -4.58. The molecule has 7 N–H and O–H groups in total. The topological polar surface area (TPSA) is 171 Å². The van der Waals surface area contributed by atoms with Crippen LogP contribution in [-0.2, 0) is 20.6 Å². The van der Waals surface area contributed by atoms with Gasteiger partial charge in [0.25, 0.3) is 5.91 Å². The number of rotatable bonds is 15. The van der Waals surface area contributed by atoms with Gasteiger partial charge in [-0.15, -0.1) is 0 Å². The van der Waals surface area contributed by atoms with Gasteiger partial charge in [0.2, 0.25) is 17.7 Å². The van der Waals surface area contributed by atoms with E-state index in [0.717, 1.165) is 41.3 Å². The number of carbonyl (C=O) groups is 4. The van der Waals surface area contributed by atoms with Crippen LogP contribution in [0.5, 0.6) is 0 Å². The molecule has 17 heteroatoms. The van der Waals surface area contributed by atoms with Crippen LogP contribution in [-0.4, -0.2) is 103 Å². The Balaban J connectivity index is 2.16. The second kappa shape index (κ2) is 17.3. The van der Waals surface area contributed by atoms with E-state index in [2.05, 4.69) is 10.6 Å². The molecule has 0 saturated carbocycles. The fraction of sp³-hybridized carbons (Fsp3) is 0.533. The van der Waals surface area contributed by atoms with E-state index in [-0.39, 0.29) is 63.2 Å². The van der Waals surface area contributed by atoms with Crippen LogP contribution in [0.2, 0.25) is 0 Å². The van der Waals surface area contributed by atoms with E-state index in [1.54, 1.807) is 0 Å². The van der Waals surface area contributed by atoms with Crippen LogP contribution in [0.1, 0.15) is 42.1 Å². The minimum Gasteiger partial charge on any atom is -0.386 e. The number of allylic oxidation sites excluding steroid dienone is 3. The summed E-state index contributed by atoms with van der Waals surface area (Å²) in [6.45, 7) is 1.77. The van der Waals surface area contributed by atoms with Crippen molar-refractivity contribution in [3.63, 3.8) is 0 Å². The zero-order valence-electron chi connectivity index (χ0n) is 26.0. The van der Waals surface area contributed by atoms with Crippen molar-refractivity contribution >= 4 is 23.6 Å². The van der Waals surface area contributed by atoms with Crippen molar-refractivity contribution in [1.29, 1.82) is 0 Å². The number of benzene rings is 1. The number of likely N-dealkylation sites (N-methyl/N-ethyl adjacent to an activating group) is 1. The molecule has 11 nitrogen and oxygen atoms in total. The molecule has 1 aromatic rings. The average molecular weight is 679 g/mol. The number of nitrogens with two attached hydrogens (primary N) is 2. The third-order valence-electron chi connectivity index (χ3n) is 7.45. The molecule has 0 aliphatic heterocycles. The van der Waals surface area contributed by atoms with Gasteiger partial charge in [-0.1, -0.05) is 19.1 Å². The highest BCUT2D eigenvalue weighted by Gasteiger charge is 2.37. The van der Waals surface area contributed by atoms with Crippen LogP contribution in [0.25, 0.3) is 0 Å². The number of halogens is 6. The Hall–Kier alpha value is -3.96. The molecule has 1 aliphatic rings. The van der Waals surface area contributed by atoms with Crippen LogP contribution in [0.4, 0.5) is 26.3 Å². The summed E-state index contributed by atoms with van der Waals surface area (Å²) in [7, 11) is 1.34. The first-order valence-corrected chi connectivity index (χ1v) is 14.7. The number of amides is 4. The van der Waals surface area contributed by atoms with Gasteiger partial charge < -0.3 is 37.0 Å². The van der Waals surface area contributed by atoms with Crippen LogP contribution in [0.3, 0.4) is 0 Å². The van der Waals surface area contributed by atoms with Gasteiger partial charge in [0.05, 0.1) is 5.56 Å². The average Bonchev–Trinajstić information content (AvgIpc) is 3.01. The van der Waals surface area contributed by atoms with Gasteiger partial charge in [-0.25, -0.2) is 0 Å². The Morgan fingerprint density at radius 2 is 1.49 bits per heavy atom. The van der Waals surface area contributed by atoms with E-state index in [1.807, 2.05) is 0 Å². The number of alkyl halides is 6. The maximum Gasteiger partial charge on any atom is 0.416 e. The number of carbonyl (C=O) groups excluding carboxylic acids is 4. The molecule has 47 heavy (non-hydrogen) atoms. The zero-order chi connectivity index (χ0) is 35.5. The lowest BCUT2D eigenvalue weighted by molar-refractivity contribution is -0.138. The third-order valence-corrected chi connectivity index (χ3v) is 7.45. The van der Waals surface area contributed by atoms with Gasteiger partial charge in [-0.05, 0) is 42.7 Å². The molecule has 0 aromatic heterocycles. The third kappa shape index (κ3) is 11.7. The lowest BCUT2D eigenvalue weighted by atomic mass is 9.90. The largest absolute Gasteiger partial charge is 0.416 e. The van der Waals surface area contributed by atoms with E-state index in [9.17, 15) is 50.6 Å². The predicted octanol–water partition coefficient (Wildman–Crippen LogP) is 1.72. The summed E-state index contributed by atoms with van der Waals surface area (Å²) in [5.41, 5.74) is 9.31. The fourth-order valence-corrected chi connectivity index (χ4v) is 4.67. The van der Waals surface area contributed by atoms with Gasteiger partial charge in [-0.3, -0.25) is 19.2 Å². The summed E-state index contributed by atoms with van der Waals surface area (Å²) in [5, 5.41) is 15.9. The number of hydrogen-bond acceptors (Lipinski definition) is 7. The molecule has 262 valence electrons. The molecule has 4 amide bonds. The van der Waals surface area contributed by atoms with Crippen molar-refractivity contribution in [3.05, 3.63) is 58.7 Å². The van der Waals surface area contributed by atoms with Crippen molar-refractivity contribution < 1.29 is 50.6 Å². The van der Waals surface area contributed by atoms with Crippen molar-refractivity contribution in [3.8, 4) is 0 Å². The molecular formula is C30H40F6N6O5. The number of nitrogens with one attached hydrogen (secondary N) is 2. The molecule has 0 bridgehead atoms. The number of aliphatic hydroxyl groups excluding tert-OH is 1. The highest BCUT2D eigenvalue weighted by Crippen LogP contribution is 2.34. The smallest absolute Gasteiger partial charge is 0.386 e. The maximum atomic E-state index is 13.2. The normalized spacial score (nSPS) is 15.5. The molecule has 0 fully saturated rings. The molecule has 1 aromatic carbocycles. The van der Waals surface area contributed by atoms with Crippen molar-refractivity contribution in [2.45, 2.75) is 50.7 Å². The lowest BCUT2D eigenvalue weighted by Gasteiger charge is -2.29. The molecule has 0 heterocycles. The quantitative estimate of drug-likeness (QED) is 0.176. The molecule has 1 aliphatic carbocycles.